The lowest BCUT2D eigenvalue weighted by Crippen LogP contribution is -2.19. The molecule has 0 aliphatic heterocycles. The molecule has 0 spiro atoms. The van der Waals surface area contributed by atoms with Gasteiger partial charge in [0, 0.05) is 5.02 Å². The SMILES string of the molecule is Cc1nn(-c2ccccc2)c(OC(=O)COc2ccc(Cl)cc2Cl)c1Sc1c(F)c(F)c(F)c(F)c1F. The van der Waals surface area contributed by atoms with Crippen LogP contribution in [0.4, 0.5) is 22.0 Å². The minimum Gasteiger partial charge on any atom is -0.480 e. The molecule has 0 aliphatic rings. The first kappa shape index (κ1) is 26.8. The van der Waals surface area contributed by atoms with Crippen LogP contribution in [0.5, 0.6) is 11.6 Å². The molecule has 37 heavy (non-hydrogen) atoms. The summed E-state index contributed by atoms with van der Waals surface area (Å²) in [5.74, 6) is -11.7. The summed E-state index contributed by atoms with van der Waals surface area (Å²) in [5, 5.41) is 4.71. The molecular formula is C24H13Cl2F5N2O3S. The number of hydrogen-bond donors (Lipinski definition) is 0. The Morgan fingerprint density at radius 1 is 0.919 bits per heavy atom. The van der Waals surface area contributed by atoms with E-state index in [4.69, 9.17) is 32.7 Å². The third kappa shape index (κ3) is 5.53. The number of esters is 1. The number of nitrogens with zero attached hydrogens (tertiary/aromatic N) is 2. The zero-order valence-electron chi connectivity index (χ0n) is 18.5. The lowest BCUT2D eigenvalue weighted by molar-refractivity contribution is -0.137. The zero-order valence-corrected chi connectivity index (χ0v) is 20.8. The van der Waals surface area contributed by atoms with Crippen LogP contribution < -0.4 is 9.47 Å². The van der Waals surface area contributed by atoms with Crippen molar-refractivity contribution in [3.63, 3.8) is 0 Å². The van der Waals surface area contributed by atoms with Crippen molar-refractivity contribution in [1.29, 1.82) is 0 Å². The molecule has 0 bridgehead atoms. The molecular weight excluding hydrogens is 562 g/mol. The number of ether oxygens (including phenoxy) is 2. The number of carbonyl (C=O) groups is 1. The van der Waals surface area contributed by atoms with Gasteiger partial charge in [0.05, 0.1) is 26.2 Å². The van der Waals surface area contributed by atoms with Gasteiger partial charge in [0.1, 0.15) is 5.75 Å². The Labute approximate surface area is 220 Å². The summed E-state index contributed by atoms with van der Waals surface area (Å²) in [4.78, 5) is 11.3. The van der Waals surface area contributed by atoms with Crippen LogP contribution in [0.25, 0.3) is 5.69 Å². The molecule has 0 radical (unpaired) electrons. The van der Waals surface area contributed by atoms with Crippen LogP contribution in [0.2, 0.25) is 10.0 Å². The molecule has 0 amide bonds. The summed E-state index contributed by atoms with van der Waals surface area (Å²) in [6.45, 7) is 0.766. The average Bonchev–Trinajstić information content (AvgIpc) is 3.18. The number of aromatic nitrogens is 2. The van der Waals surface area contributed by atoms with Gasteiger partial charge in [-0.1, -0.05) is 53.2 Å². The highest BCUT2D eigenvalue weighted by Crippen LogP contribution is 2.42. The molecule has 5 nitrogen and oxygen atoms in total. The number of rotatable bonds is 7. The fraction of sp³-hybridized carbons (Fsp3) is 0.0833. The number of halogens is 7. The average molecular weight is 575 g/mol. The second-order valence-corrected chi connectivity index (χ2v) is 9.17. The highest BCUT2D eigenvalue weighted by Gasteiger charge is 2.30. The second kappa shape index (κ2) is 11.0. The van der Waals surface area contributed by atoms with E-state index in [9.17, 15) is 26.7 Å². The molecule has 192 valence electrons. The molecule has 3 aromatic carbocycles. The van der Waals surface area contributed by atoms with E-state index in [-0.39, 0.29) is 39.0 Å². The van der Waals surface area contributed by atoms with Gasteiger partial charge >= 0.3 is 5.97 Å². The Balaban J connectivity index is 1.71. The lowest BCUT2D eigenvalue weighted by atomic mass is 10.3. The fourth-order valence-corrected chi connectivity index (χ4v) is 4.52. The van der Waals surface area contributed by atoms with Crippen molar-refractivity contribution >= 4 is 40.9 Å². The summed E-state index contributed by atoms with van der Waals surface area (Å²) in [6.07, 6.45) is 0. The first-order valence-corrected chi connectivity index (χ1v) is 11.8. The van der Waals surface area contributed by atoms with E-state index in [1.165, 1.54) is 25.1 Å². The Hall–Kier alpha value is -3.28. The third-order valence-corrected chi connectivity index (χ3v) is 6.56. The van der Waals surface area contributed by atoms with Gasteiger partial charge in [-0.3, -0.25) is 0 Å². The van der Waals surface area contributed by atoms with Crippen LogP contribution in [-0.2, 0) is 4.79 Å². The maximum Gasteiger partial charge on any atom is 0.350 e. The van der Waals surface area contributed by atoms with Crippen molar-refractivity contribution < 1.29 is 36.2 Å². The molecule has 0 aliphatic carbocycles. The molecule has 0 unspecified atom stereocenters. The zero-order chi connectivity index (χ0) is 26.9. The molecule has 1 heterocycles. The maximum absolute atomic E-state index is 14.4. The predicted molar refractivity (Wildman–Crippen MR) is 126 cm³/mol. The van der Waals surface area contributed by atoms with Crippen molar-refractivity contribution in [3.8, 4) is 17.3 Å². The predicted octanol–water partition coefficient (Wildman–Crippen LogP) is 7.32. The number of benzene rings is 3. The molecule has 13 heteroatoms. The summed E-state index contributed by atoms with van der Waals surface area (Å²) in [6, 6.07) is 12.5. The van der Waals surface area contributed by atoms with Gasteiger partial charge in [-0.2, -0.15) is 9.78 Å². The summed E-state index contributed by atoms with van der Waals surface area (Å²) < 4.78 is 81.8. The van der Waals surface area contributed by atoms with Gasteiger partial charge < -0.3 is 9.47 Å². The van der Waals surface area contributed by atoms with Crippen molar-refractivity contribution in [2.45, 2.75) is 16.7 Å². The maximum atomic E-state index is 14.4. The van der Waals surface area contributed by atoms with Crippen molar-refractivity contribution in [2.75, 3.05) is 6.61 Å². The largest absolute Gasteiger partial charge is 0.480 e. The van der Waals surface area contributed by atoms with Gasteiger partial charge in [0.2, 0.25) is 11.7 Å². The summed E-state index contributed by atoms with van der Waals surface area (Å²) in [5.41, 5.74) is 0.474. The van der Waals surface area contributed by atoms with E-state index in [0.717, 1.165) is 4.68 Å². The number of hydrogen-bond acceptors (Lipinski definition) is 5. The molecule has 0 atom stereocenters. The third-order valence-electron chi connectivity index (χ3n) is 4.79. The van der Waals surface area contributed by atoms with E-state index < -0.39 is 46.6 Å². The molecule has 0 N–H and O–H groups in total. The van der Waals surface area contributed by atoms with Crippen LogP contribution in [0.1, 0.15) is 5.69 Å². The van der Waals surface area contributed by atoms with Gasteiger partial charge in [-0.15, -0.1) is 0 Å². The molecule has 0 saturated heterocycles. The normalized spacial score (nSPS) is 11.0. The Kier molecular flexibility index (Phi) is 7.96. The summed E-state index contributed by atoms with van der Waals surface area (Å²) >= 11 is 12.0. The quantitative estimate of drug-likeness (QED) is 0.100. The van der Waals surface area contributed by atoms with Crippen LogP contribution >= 0.6 is 35.0 Å². The van der Waals surface area contributed by atoms with E-state index >= 15 is 0 Å². The van der Waals surface area contributed by atoms with Crippen molar-refractivity contribution in [3.05, 3.63) is 93.4 Å². The van der Waals surface area contributed by atoms with Crippen LogP contribution in [0.3, 0.4) is 0 Å². The smallest absolute Gasteiger partial charge is 0.350 e. The highest BCUT2D eigenvalue weighted by molar-refractivity contribution is 7.99. The van der Waals surface area contributed by atoms with Crippen LogP contribution in [0, 0.1) is 36.0 Å². The Morgan fingerprint density at radius 2 is 1.54 bits per heavy atom. The van der Waals surface area contributed by atoms with E-state index in [1.807, 2.05) is 0 Å². The van der Waals surface area contributed by atoms with Crippen molar-refractivity contribution in [1.82, 2.24) is 9.78 Å². The van der Waals surface area contributed by atoms with E-state index in [1.54, 1.807) is 30.3 Å². The van der Waals surface area contributed by atoms with Gasteiger partial charge in [0.15, 0.2) is 29.9 Å². The fourth-order valence-electron chi connectivity index (χ4n) is 3.09. The number of carbonyl (C=O) groups excluding carboxylic acids is 1. The van der Waals surface area contributed by atoms with E-state index in [2.05, 4.69) is 5.10 Å². The Morgan fingerprint density at radius 3 is 2.16 bits per heavy atom. The summed E-state index contributed by atoms with van der Waals surface area (Å²) in [7, 11) is 0. The monoisotopic (exact) mass is 574 g/mol. The van der Waals surface area contributed by atoms with Crippen molar-refractivity contribution in [2.24, 2.45) is 0 Å². The molecule has 4 rings (SSSR count). The first-order chi connectivity index (χ1) is 17.6. The molecule has 0 fully saturated rings. The lowest BCUT2D eigenvalue weighted by Gasteiger charge is -2.12. The first-order valence-electron chi connectivity index (χ1n) is 10.2. The molecule has 0 saturated carbocycles. The van der Waals surface area contributed by atoms with Crippen LogP contribution in [-0.4, -0.2) is 22.4 Å². The topological polar surface area (TPSA) is 53.4 Å². The second-order valence-electron chi connectivity index (χ2n) is 7.31. The van der Waals surface area contributed by atoms with E-state index in [0.29, 0.717) is 10.7 Å². The minimum absolute atomic E-state index is 0.0854. The molecule has 4 aromatic rings. The number of para-hydroxylation sites is 1. The highest BCUT2D eigenvalue weighted by atomic mass is 35.5. The van der Waals surface area contributed by atoms with Gasteiger partial charge in [-0.25, -0.2) is 26.7 Å². The van der Waals surface area contributed by atoms with Gasteiger partial charge in [-0.05, 0) is 37.3 Å². The van der Waals surface area contributed by atoms with Crippen LogP contribution in [0.15, 0.2) is 58.3 Å². The number of aryl methyl sites for hydroxylation is 1. The molecule has 1 aromatic heterocycles. The standard InChI is InChI=1S/C24H13Cl2F5N2O3S/c1-11-22(37-23-20(30)18(28)17(27)19(29)21(23)31)24(33(32-11)13-5-3-2-4-6-13)36-16(34)10-35-15-8-7-12(25)9-14(15)26/h2-9H,10H2,1H3. The minimum atomic E-state index is -2.29. The Bertz CT molecular complexity index is 1470. The van der Waals surface area contributed by atoms with Gasteiger partial charge in [0.25, 0.3) is 0 Å².